The van der Waals surface area contributed by atoms with E-state index in [1.807, 2.05) is 30.3 Å². The number of anilines is 1. The van der Waals surface area contributed by atoms with Gasteiger partial charge in [0.25, 0.3) is 0 Å². The number of ketones is 1. The van der Waals surface area contributed by atoms with E-state index in [0.29, 0.717) is 39.6 Å². The molecule has 1 aromatic heterocycles. The average molecular weight is 714 g/mol. The van der Waals surface area contributed by atoms with Gasteiger partial charge in [-0.05, 0) is 60.7 Å². The number of carbonyl (C=O) groups is 4. The van der Waals surface area contributed by atoms with Gasteiger partial charge >= 0.3 is 5.97 Å². The zero-order valence-electron chi connectivity index (χ0n) is 28.3. The molecule has 0 spiro atoms. The second-order valence-electron chi connectivity index (χ2n) is 11.4. The minimum atomic E-state index is -0.884. The van der Waals surface area contributed by atoms with Crippen molar-refractivity contribution < 1.29 is 38.1 Å². The molecular formula is C40H31N3O8S. The molecule has 1 aliphatic heterocycles. The fourth-order valence-corrected chi connectivity index (χ4v) is 6.78. The van der Waals surface area contributed by atoms with Crippen LogP contribution in [0.15, 0.2) is 108 Å². The third-order valence-electron chi connectivity index (χ3n) is 8.31. The molecule has 260 valence electrons. The largest absolute Gasteiger partial charge is 0.497 e. The molecule has 1 saturated heterocycles. The Morgan fingerprint density at radius 3 is 2.25 bits per heavy atom. The Kier molecular flexibility index (Phi) is 10.6. The number of hydrogen-bond donors (Lipinski definition) is 0. The molecule has 0 saturated carbocycles. The van der Waals surface area contributed by atoms with Crippen LogP contribution < -0.4 is 19.1 Å². The normalized spacial score (nSPS) is 13.7. The molecule has 0 bridgehead atoms. The SMILES string of the molecule is COc1cccc(C(=O)COC(=O)c2ccc(N3C(=O)CC(Sc4nc(-c5ccccc5)cc(-c5cc(OC)ccc5OC)c4C#N)C3=O)cc2)c1. The predicted molar refractivity (Wildman–Crippen MR) is 194 cm³/mol. The monoisotopic (exact) mass is 713 g/mol. The van der Waals surface area contributed by atoms with Crippen LogP contribution in [0.1, 0.15) is 32.7 Å². The Bertz CT molecular complexity index is 2220. The summed E-state index contributed by atoms with van der Waals surface area (Å²) in [4.78, 5) is 58.2. The van der Waals surface area contributed by atoms with Crippen LogP contribution in [0.4, 0.5) is 5.69 Å². The van der Waals surface area contributed by atoms with E-state index in [4.69, 9.17) is 23.9 Å². The van der Waals surface area contributed by atoms with Gasteiger partial charge in [-0.25, -0.2) is 14.7 Å². The van der Waals surface area contributed by atoms with Crippen LogP contribution in [0, 0.1) is 11.3 Å². The summed E-state index contributed by atoms with van der Waals surface area (Å²) in [7, 11) is 4.56. The third-order valence-corrected chi connectivity index (χ3v) is 9.48. The summed E-state index contributed by atoms with van der Waals surface area (Å²) in [5, 5.41) is 9.85. The molecule has 12 heteroatoms. The van der Waals surface area contributed by atoms with Crippen molar-refractivity contribution in [2.75, 3.05) is 32.8 Å². The Morgan fingerprint density at radius 1 is 0.827 bits per heavy atom. The first-order valence-electron chi connectivity index (χ1n) is 16.0. The van der Waals surface area contributed by atoms with Crippen LogP contribution in [-0.4, -0.2) is 61.7 Å². The van der Waals surface area contributed by atoms with Crippen LogP contribution in [0.25, 0.3) is 22.4 Å². The van der Waals surface area contributed by atoms with Gasteiger partial charge in [-0.3, -0.25) is 14.4 Å². The molecule has 2 amide bonds. The first-order valence-corrected chi connectivity index (χ1v) is 16.8. The van der Waals surface area contributed by atoms with Gasteiger partial charge in [-0.15, -0.1) is 0 Å². The van der Waals surface area contributed by atoms with E-state index < -0.39 is 35.4 Å². The predicted octanol–water partition coefficient (Wildman–Crippen LogP) is 6.78. The van der Waals surface area contributed by atoms with Crippen LogP contribution in [-0.2, 0) is 14.3 Å². The zero-order chi connectivity index (χ0) is 36.8. The number of hydrogen-bond acceptors (Lipinski definition) is 11. The summed E-state index contributed by atoms with van der Waals surface area (Å²) in [5.74, 6) is -0.529. The van der Waals surface area contributed by atoms with Gasteiger partial charge in [0.05, 0.1) is 49.1 Å². The van der Waals surface area contributed by atoms with E-state index in [1.54, 1.807) is 55.6 Å². The zero-order valence-corrected chi connectivity index (χ0v) is 29.1. The summed E-state index contributed by atoms with van der Waals surface area (Å²) in [5.41, 5.74) is 3.40. The molecule has 1 aliphatic rings. The number of ether oxygens (including phenoxy) is 4. The van der Waals surface area contributed by atoms with Crippen molar-refractivity contribution in [2.45, 2.75) is 16.7 Å². The van der Waals surface area contributed by atoms with E-state index in [2.05, 4.69) is 6.07 Å². The highest BCUT2D eigenvalue weighted by atomic mass is 32.2. The standard InChI is InChI=1S/C40H31N3O8S/c1-48-28-11-7-10-26(18-28)34(44)23-51-40(47)25-12-14-27(15-13-25)43-37(45)21-36(39(43)46)52-38-32(22-41)30(20-33(42-38)24-8-5-4-6-9-24)31-19-29(49-2)16-17-35(31)50-3/h4-20,36H,21,23H2,1-3H3. The van der Waals surface area contributed by atoms with Crippen molar-refractivity contribution in [3.8, 4) is 45.7 Å². The lowest BCUT2D eigenvalue weighted by Gasteiger charge is -2.17. The first kappa shape index (κ1) is 35.4. The van der Waals surface area contributed by atoms with E-state index in [9.17, 15) is 24.4 Å². The molecule has 1 unspecified atom stereocenters. The maximum atomic E-state index is 13.8. The molecule has 1 fully saturated rings. The third kappa shape index (κ3) is 7.35. The summed E-state index contributed by atoms with van der Waals surface area (Å²) in [6.07, 6.45) is -0.139. The highest BCUT2D eigenvalue weighted by Gasteiger charge is 2.41. The van der Waals surface area contributed by atoms with Crippen molar-refractivity contribution in [1.82, 2.24) is 4.98 Å². The summed E-state index contributed by atoms with van der Waals surface area (Å²) in [6.45, 7) is -0.480. The number of imide groups is 1. The molecule has 5 aromatic rings. The first-order chi connectivity index (χ1) is 25.2. The molecule has 1 atom stereocenters. The van der Waals surface area contributed by atoms with Crippen molar-refractivity contribution in [3.63, 3.8) is 0 Å². The highest BCUT2D eigenvalue weighted by molar-refractivity contribution is 8.00. The van der Waals surface area contributed by atoms with Gasteiger partial charge in [0.2, 0.25) is 11.8 Å². The molecule has 0 aliphatic carbocycles. The lowest BCUT2D eigenvalue weighted by Crippen LogP contribution is -2.31. The lowest BCUT2D eigenvalue weighted by molar-refractivity contribution is -0.121. The van der Waals surface area contributed by atoms with Crippen LogP contribution >= 0.6 is 11.8 Å². The number of methoxy groups -OCH3 is 3. The van der Waals surface area contributed by atoms with Crippen LogP contribution in [0.5, 0.6) is 17.2 Å². The number of aromatic nitrogens is 1. The molecule has 0 radical (unpaired) electrons. The number of rotatable bonds is 12. The van der Waals surface area contributed by atoms with Crippen molar-refractivity contribution in [2.24, 2.45) is 0 Å². The fourth-order valence-electron chi connectivity index (χ4n) is 5.65. The Labute approximate surface area is 303 Å². The van der Waals surface area contributed by atoms with E-state index in [1.165, 1.54) is 38.5 Å². The second-order valence-corrected chi connectivity index (χ2v) is 12.6. The van der Waals surface area contributed by atoms with E-state index >= 15 is 0 Å². The molecule has 0 N–H and O–H groups in total. The molecule has 52 heavy (non-hydrogen) atoms. The van der Waals surface area contributed by atoms with Gasteiger partial charge in [0.15, 0.2) is 12.4 Å². The van der Waals surface area contributed by atoms with Crippen molar-refractivity contribution in [1.29, 1.82) is 5.26 Å². The molecule has 11 nitrogen and oxygen atoms in total. The van der Waals surface area contributed by atoms with Crippen LogP contribution in [0.3, 0.4) is 0 Å². The molecular weight excluding hydrogens is 683 g/mol. The Balaban J connectivity index is 1.24. The number of amides is 2. The van der Waals surface area contributed by atoms with Crippen molar-refractivity contribution >= 4 is 41.0 Å². The number of nitriles is 1. The van der Waals surface area contributed by atoms with E-state index in [-0.39, 0.29) is 28.3 Å². The highest BCUT2D eigenvalue weighted by Crippen LogP contribution is 2.42. The number of nitrogens with zero attached hydrogens (tertiary/aromatic N) is 3. The molecule has 2 heterocycles. The minimum absolute atomic E-state index is 0.133. The fraction of sp³-hybridized carbons (Fsp3) is 0.150. The lowest BCUT2D eigenvalue weighted by atomic mass is 9.98. The topological polar surface area (TPSA) is 145 Å². The maximum absolute atomic E-state index is 13.8. The van der Waals surface area contributed by atoms with E-state index in [0.717, 1.165) is 22.2 Å². The number of thioether (sulfide) groups is 1. The number of Topliss-reactive ketones (excluding diaryl/α,β-unsaturated/α-hetero) is 1. The molecule has 6 rings (SSSR count). The van der Waals surface area contributed by atoms with Gasteiger partial charge in [-0.1, -0.05) is 54.2 Å². The van der Waals surface area contributed by atoms with Gasteiger partial charge < -0.3 is 18.9 Å². The number of esters is 1. The van der Waals surface area contributed by atoms with Crippen LogP contribution in [0.2, 0.25) is 0 Å². The molecule has 4 aromatic carbocycles. The summed E-state index contributed by atoms with van der Waals surface area (Å²) in [6, 6.07) is 31.0. The number of benzene rings is 4. The number of carbonyl (C=O) groups excluding carboxylic acids is 4. The summed E-state index contributed by atoms with van der Waals surface area (Å²) >= 11 is 1.04. The Hall–Kier alpha value is -6.45. The summed E-state index contributed by atoms with van der Waals surface area (Å²) < 4.78 is 21.4. The minimum Gasteiger partial charge on any atom is -0.497 e. The van der Waals surface area contributed by atoms with Gasteiger partial charge in [-0.2, -0.15) is 5.26 Å². The average Bonchev–Trinajstić information content (AvgIpc) is 3.47. The smallest absolute Gasteiger partial charge is 0.338 e. The van der Waals surface area contributed by atoms with Gasteiger partial charge in [0, 0.05) is 28.7 Å². The maximum Gasteiger partial charge on any atom is 0.338 e. The van der Waals surface area contributed by atoms with Gasteiger partial charge in [0.1, 0.15) is 28.3 Å². The van der Waals surface area contributed by atoms with Crippen molar-refractivity contribution in [3.05, 3.63) is 120 Å². The Morgan fingerprint density at radius 2 is 1.56 bits per heavy atom. The quantitative estimate of drug-likeness (QED) is 0.0767. The number of pyridine rings is 1. The second kappa shape index (κ2) is 15.6.